The van der Waals surface area contributed by atoms with Gasteiger partial charge < -0.3 is 5.11 Å². The van der Waals surface area contributed by atoms with Crippen LogP contribution in [0.2, 0.25) is 0 Å². The summed E-state index contributed by atoms with van der Waals surface area (Å²) in [5.41, 5.74) is 4.44. The highest BCUT2D eigenvalue weighted by atomic mass is 16.3. The summed E-state index contributed by atoms with van der Waals surface area (Å²) < 4.78 is 0. The molecule has 1 heterocycles. The molecule has 0 radical (unpaired) electrons. The van der Waals surface area contributed by atoms with E-state index in [0.29, 0.717) is 5.69 Å². The second-order valence-corrected chi connectivity index (χ2v) is 6.72. The topological polar surface area (TPSA) is 50.9 Å². The molecule has 0 aliphatic rings. The first-order chi connectivity index (χ1) is 10.9. The standard InChI is InChI=1S/C19H21N3O/c1-5-7-13-8-6-9-15-18(13)21-22(20-15)16-12-14(19(2,3)4)10-11-17(16)23/h5-6,8-12,23H,1,7H2,2-4H3. The number of allylic oxidation sites excluding steroid dienone is 1. The van der Waals surface area contributed by atoms with Crippen LogP contribution in [0.4, 0.5) is 0 Å². The lowest BCUT2D eigenvalue weighted by molar-refractivity contribution is 0.466. The third-order valence-corrected chi connectivity index (χ3v) is 3.92. The van der Waals surface area contributed by atoms with Crippen molar-refractivity contribution in [3.8, 4) is 11.4 Å². The van der Waals surface area contributed by atoms with E-state index in [9.17, 15) is 5.11 Å². The number of aromatic nitrogens is 3. The fourth-order valence-electron chi connectivity index (χ4n) is 2.57. The van der Waals surface area contributed by atoms with Gasteiger partial charge in [-0.2, -0.15) is 0 Å². The van der Waals surface area contributed by atoms with Gasteiger partial charge in [-0.1, -0.05) is 45.0 Å². The van der Waals surface area contributed by atoms with E-state index in [1.807, 2.05) is 36.4 Å². The highest BCUT2D eigenvalue weighted by Crippen LogP contribution is 2.29. The summed E-state index contributed by atoms with van der Waals surface area (Å²) in [5, 5.41) is 19.3. The zero-order valence-electron chi connectivity index (χ0n) is 13.7. The molecule has 0 atom stereocenters. The molecular formula is C19H21N3O. The van der Waals surface area contributed by atoms with Gasteiger partial charge in [-0.3, -0.25) is 0 Å². The van der Waals surface area contributed by atoms with Crippen LogP contribution >= 0.6 is 0 Å². The average Bonchev–Trinajstić information content (AvgIpc) is 2.91. The Balaban J connectivity index is 2.17. The molecule has 0 saturated carbocycles. The minimum absolute atomic E-state index is 0.0109. The lowest BCUT2D eigenvalue weighted by atomic mass is 9.87. The zero-order chi connectivity index (χ0) is 16.6. The third kappa shape index (κ3) is 2.84. The fourth-order valence-corrected chi connectivity index (χ4v) is 2.57. The van der Waals surface area contributed by atoms with Crippen LogP contribution in [0.5, 0.6) is 5.75 Å². The highest BCUT2D eigenvalue weighted by Gasteiger charge is 2.17. The van der Waals surface area contributed by atoms with Crippen molar-refractivity contribution in [3.05, 3.63) is 60.2 Å². The van der Waals surface area contributed by atoms with Crippen molar-refractivity contribution in [2.24, 2.45) is 0 Å². The molecular weight excluding hydrogens is 286 g/mol. The van der Waals surface area contributed by atoms with Gasteiger partial charge in [0.15, 0.2) is 0 Å². The molecule has 0 amide bonds. The minimum Gasteiger partial charge on any atom is -0.506 e. The maximum atomic E-state index is 10.2. The number of hydrogen-bond donors (Lipinski definition) is 1. The quantitative estimate of drug-likeness (QED) is 0.739. The largest absolute Gasteiger partial charge is 0.506 e. The van der Waals surface area contributed by atoms with Gasteiger partial charge in [-0.15, -0.1) is 21.6 Å². The number of rotatable bonds is 3. The van der Waals surface area contributed by atoms with Crippen LogP contribution in [0.25, 0.3) is 16.7 Å². The average molecular weight is 307 g/mol. The van der Waals surface area contributed by atoms with Crippen molar-refractivity contribution in [2.75, 3.05) is 0 Å². The second kappa shape index (κ2) is 5.54. The lowest BCUT2D eigenvalue weighted by Crippen LogP contribution is -2.12. The van der Waals surface area contributed by atoms with Crippen LogP contribution < -0.4 is 0 Å². The predicted octanol–water partition coefficient (Wildman–Crippen LogP) is 4.15. The van der Waals surface area contributed by atoms with E-state index in [1.165, 1.54) is 4.80 Å². The fraction of sp³-hybridized carbons (Fsp3) is 0.263. The summed E-state index contributed by atoms with van der Waals surface area (Å²) in [7, 11) is 0. The number of hydrogen-bond acceptors (Lipinski definition) is 3. The summed E-state index contributed by atoms with van der Waals surface area (Å²) in [5.74, 6) is 0.170. The first-order valence-electron chi connectivity index (χ1n) is 7.70. The zero-order valence-corrected chi connectivity index (χ0v) is 13.7. The van der Waals surface area contributed by atoms with E-state index in [1.54, 1.807) is 6.07 Å². The van der Waals surface area contributed by atoms with Crippen molar-refractivity contribution in [2.45, 2.75) is 32.6 Å². The van der Waals surface area contributed by atoms with Crippen LogP contribution in [-0.2, 0) is 11.8 Å². The van der Waals surface area contributed by atoms with Gasteiger partial charge in [0.2, 0.25) is 0 Å². The summed E-state index contributed by atoms with van der Waals surface area (Å²) in [6.07, 6.45) is 2.59. The Labute approximate surface area is 136 Å². The first kappa shape index (κ1) is 15.3. The van der Waals surface area contributed by atoms with Crippen LogP contribution in [0.15, 0.2) is 49.1 Å². The van der Waals surface area contributed by atoms with Crippen molar-refractivity contribution in [1.29, 1.82) is 0 Å². The molecule has 23 heavy (non-hydrogen) atoms. The van der Waals surface area contributed by atoms with Crippen LogP contribution in [0.1, 0.15) is 31.9 Å². The molecule has 3 aromatic rings. The number of fused-ring (bicyclic) bond motifs is 1. The Morgan fingerprint density at radius 1 is 1.17 bits per heavy atom. The van der Waals surface area contributed by atoms with E-state index in [4.69, 9.17) is 0 Å². The molecule has 3 rings (SSSR count). The van der Waals surface area contributed by atoms with Crippen LogP contribution in [0, 0.1) is 0 Å². The summed E-state index contributed by atoms with van der Waals surface area (Å²) in [4.78, 5) is 1.52. The summed E-state index contributed by atoms with van der Waals surface area (Å²) in [6.45, 7) is 10.2. The van der Waals surface area contributed by atoms with E-state index >= 15 is 0 Å². The molecule has 2 aromatic carbocycles. The summed E-state index contributed by atoms with van der Waals surface area (Å²) >= 11 is 0. The molecule has 4 nitrogen and oxygen atoms in total. The van der Waals surface area contributed by atoms with E-state index < -0.39 is 0 Å². The molecule has 0 fully saturated rings. The minimum atomic E-state index is -0.0109. The molecule has 0 unspecified atom stereocenters. The van der Waals surface area contributed by atoms with Gasteiger partial charge in [-0.05, 0) is 41.2 Å². The Morgan fingerprint density at radius 3 is 2.65 bits per heavy atom. The monoisotopic (exact) mass is 307 g/mol. The smallest absolute Gasteiger partial charge is 0.143 e. The predicted molar refractivity (Wildman–Crippen MR) is 93.1 cm³/mol. The Kier molecular flexibility index (Phi) is 3.68. The normalized spacial score (nSPS) is 11.8. The molecule has 0 aliphatic carbocycles. The third-order valence-electron chi connectivity index (χ3n) is 3.92. The van der Waals surface area contributed by atoms with E-state index in [-0.39, 0.29) is 11.2 Å². The Hall–Kier alpha value is -2.62. The molecule has 0 saturated heterocycles. The van der Waals surface area contributed by atoms with Crippen molar-refractivity contribution >= 4 is 11.0 Å². The molecule has 118 valence electrons. The van der Waals surface area contributed by atoms with Crippen LogP contribution in [-0.4, -0.2) is 20.1 Å². The maximum Gasteiger partial charge on any atom is 0.143 e. The van der Waals surface area contributed by atoms with Gasteiger partial charge in [0.1, 0.15) is 22.5 Å². The first-order valence-corrected chi connectivity index (χ1v) is 7.70. The number of phenolic OH excluding ortho intramolecular Hbond substituents is 1. The van der Waals surface area contributed by atoms with Gasteiger partial charge >= 0.3 is 0 Å². The van der Waals surface area contributed by atoms with Gasteiger partial charge in [0.25, 0.3) is 0 Å². The van der Waals surface area contributed by atoms with Gasteiger partial charge in [0, 0.05) is 0 Å². The SMILES string of the molecule is C=CCc1cccc2nn(-c3cc(C(C)(C)C)ccc3O)nc12. The van der Waals surface area contributed by atoms with E-state index in [2.05, 4.69) is 37.5 Å². The molecule has 1 aromatic heterocycles. The Bertz CT molecular complexity index is 872. The van der Waals surface area contributed by atoms with Crippen molar-refractivity contribution in [3.63, 3.8) is 0 Å². The number of benzene rings is 2. The molecule has 4 heteroatoms. The molecule has 1 N–H and O–H groups in total. The number of nitrogens with zero attached hydrogens (tertiary/aromatic N) is 3. The van der Waals surface area contributed by atoms with Crippen molar-refractivity contribution < 1.29 is 5.11 Å². The maximum absolute atomic E-state index is 10.2. The molecule has 0 bridgehead atoms. The molecule has 0 spiro atoms. The lowest BCUT2D eigenvalue weighted by Gasteiger charge is -2.20. The van der Waals surface area contributed by atoms with Crippen LogP contribution in [0.3, 0.4) is 0 Å². The number of phenols is 1. The highest BCUT2D eigenvalue weighted by molar-refractivity contribution is 5.78. The van der Waals surface area contributed by atoms with Gasteiger partial charge in [0.05, 0.1) is 0 Å². The second-order valence-electron chi connectivity index (χ2n) is 6.72. The van der Waals surface area contributed by atoms with Gasteiger partial charge in [-0.25, -0.2) is 0 Å². The summed E-state index contributed by atoms with van der Waals surface area (Å²) in [6, 6.07) is 11.5. The molecule has 0 aliphatic heterocycles. The Morgan fingerprint density at radius 2 is 1.96 bits per heavy atom. The van der Waals surface area contributed by atoms with E-state index in [0.717, 1.165) is 28.6 Å². The number of aromatic hydroxyl groups is 1. The van der Waals surface area contributed by atoms with Crippen molar-refractivity contribution in [1.82, 2.24) is 15.0 Å².